The summed E-state index contributed by atoms with van der Waals surface area (Å²) in [4.78, 5) is 10.2. The van der Waals surface area contributed by atoms with Gasteiger partial charge in [-0.25, -0.2) is 4.98 Å². The van der Waals surface area contributed by atoms with Crippen molar-refractivity contribution >= 4 is 44.6 Å². The minimum Gasteiger partial charge on any atom is -0.457 e. The number of ether oxygens (including phenoxy) is 1. The largest absolute Gasteiger partial charge is 0.457 e. The fraction of sp³-hybridized carbons (Fsp3) is 0.309. The van der Waals surface area contributed by atoms with Crippen LogP contribution in [0.25, 0.3) is 27.6 Å². The van der Waals surface area contributed by atoms with Crippen LogP contribution < -0.4 is 14.5 Å². The molecule has 368 valence electrons. The standard InChI is InChI=1S/C68H70N4O/c1-65(2,3)50-36-41-69-63(44-50)72-59-31-16-15-28-55(59)56-35-34-53(46-62(56)72)73-54-43-51(66(4,5)6)42-52(45-54)70-47-71(61-33-18-17-32-60(61)70)64-57(67(37-19-9-20-38-67)48-24-11-7-12-25-48)29-23-30-58(64)68(39-21-10-22-40-68)49-26-13-8-14-27-49/h7-8,11-18,23-36,41-46H,9-10,19-22,37-40,47H2,1-6H3. The van der Waals surface area contributed by atoms with Gasteiger partial charge in [-0.15, -0.1) is 0 Å². The lowest BCUT2D eigenvalue weighted by Crippen LogP contribution is -2.37. The van der Waals surface area contributed by atoms with Gasteiger partial charge in [0.1, 0.15) is 24.0 Å². The van der Waals surface area contributed by atoms with Crippen molar-refractivity contribution in [3.63, 3.8) is 0 Å². The molecule has 2 saturated carbocycles. The van der Waals surface area contributed by atoms with E-state index in [-0.39, 0.29) is 21.7 Å². The van der Waals surface area contributed by atoms with E-state index in [0.29, 0.717) is 6.67 Å². The number of pyridine rings is 1. The molecule has 9 aromatic rings. The summed E-state index contributed by atoms with van der Waals surface area (Å²) >= 11 is 0. The highest BCUT2D eigenvalue weighted by atomic mass is 16.5. The Balaban J connectivity index is 1.01. The molecule has 0 unspecified atom stereocenters. The van der Waals surface area contributed by atoms with Crippen LogP contribution >= 0.6 is 0 Å². The van der Waals surface area contributed by atoms with E-state index in [1.54, 1.807) is 0 Å². The maximum Gasteiger partial charge on any atom is 0.137 e. The average molecular weight is 959 g/mol. The van der Waals surface area contributed by atoms with Crippen LogP contribution in [0, 0.1) is 0 Å². The van der Waals surface area contributed by atoms with Crippen molar-refractivity contribution in [2.75, 3.05) is 16.5 Å². The van der Waals surface area contributed by atoms with Crippen LogP contribution in [0.2, 0.25) is 0 Å². The molecule has 5 nitrogen and oxygen atoms in total. The van der Waals surface area contributed by atoms with Gasteiger partial charge in [0, 0.05) is 45.6 Å². The Morgan fingerprint density at radius 3 is 1.63 bits per heavy atom. The smallest absolute Gasteiger partial charge is 0.137 e. The molecule has 2 aromatic heterocycles. The third kappa shape index (κ3) is 8.30. The van der Waals surface area contributed by atoms with E-state index in [1.165, 1.54) is 99.7 Å². The van der Waals surface area contributed by atoms with Gasteiger partial charge >= 0.3 is 0 Å². The second-order valence-electron chi connectivity index (χ2n) is 23.5. The Bertz CT molecular complexity index is 3370. The van der Waals surface area contributed by atoms with Crippen molar-refractivity contribution in [3.8, 4) is 17.3 Å². The minimum absolute atomic E-state index is 0.0154. The maximum absolute atomic E-state index is 7.13. The first kappa shape index (κ1) is 46.9. The summed E-state index contributed by atoms with van der Waals surface area (Å²) in [5, 5.41) is 2.37. The number of benzene rings is 7. The molecular formula is C68H70N4O. The van der Waals surface area contributed by atoms with Gasteiger partial charge in [-0.2, -0.15) is 0 Å². The first-order chi connectivity index (χ1) is 35.4. The summed E-state index contributed by atoms with van der Waals surface area (Å²) in [6.45, 7) is 14.4. The predicted octanol–water partition coefficient (Wildman–Crippen LogP) is 18.3. The molecular weight excluding hydrogens is 889 g/mol. The van der Waals surface area contributed by atoms with E-state index in [4.69, 9.17) is 9.72 Å². The summed E-state index contributed by atoms with van der Waals surface area (Å²) in [6, 6.07) is 66.2. The van der Waals surface area contributed by atoms with Crippen LogP contribution in [0.15, 0.2) is 182 Å². The summed E-state index contributed by atoms with van der Waals surface area (Å²) in [6.07, 6.45) is 14.0. The number of para-hydroxylation sites is 4. The Kier molecular flexibility index (Phi) is 11.8. The fourth-order valence-electron chi connectivity index (χ4n) is 13.1. The fourth-order valence-corrected chi connectivity index (χ4v) is 13.1. The summed E-state index contributed by atoms with van der Waals surface area (Å²) in [5.74, 6) is 2.52. The monoisotopic (exact) mass is 959 g/mol. The molecule has 0 amide bonds. The first-order valence-corrected chi connectivity index (χ1v) is 27.1. The first-order valence-electron chi connectivity index (χ1n) is 27.1. The van der Waals surface area contributed by atoms with E-state index < -0.39 is 0 Å². The van der Waals surface area contributed by atoms with Crippen LogP contribution in [0.1, 0.15) is 139 Å². The Hall–Kier alpha value is -7.11. The Morgan fingerprint density at radius 1 is 0.452 bits per heavy atom. The molecule has 2 fully saturated rings. The van der Waals surface area contributed by atoms with Crippen molar-refractivity contribution < 1.29 is 4.74 Å². The molecule has 0 N–H and O–H groups in total. The molecule has 0 spiro atoms. The van der Waals surface area contributed by atoms with Crippen LogP contribution in [-0.2, 0) is 21.7 Å². The average Bonchev–Trinajstić information content (AvgIpc) is 3.97. The topological polar surface area (TPSA) is 33.5 Å². The van der Waals surface area contributed by atoms with Gasteiger partial charge in [0.15, 0.2) is 0 Å². The van der Waals surface area contributed by atoms with Gasteiger partial charge in [0.05, 0.1) is 28.1 Å². The van der Waals surface area contributed by atoms with Crippen molar-refractivity contribution in [1.82, 2.24) is 9.55 Å². The van der Waals surface area contributed by atoms with E-state index in [9.17, 15) is 0 Å². The van der Waals surface area contributed by atoms with Crippen molar-refractivity contribution in [3.05, 3.63) is 216 Å². The number of hydrogen-bond acceptors (Lipinski definition) is 4. The molecule has 73 heavy (non-hydrogen) atoms. The molecule has 5 heteroatoms. The van der Waals surface area contributed by atoms with E-state index >= 15 is 0 Å². The lowest BCUT2D eigenvalue weighted by Gasteiger charge is -2.45. The molecule has 12 rings (SSSR count). The molecule has 0 saturated heterocycles. The highest BCUT2D eigenvalue weighted by Crippen LogP contribution is 2.57. The molecule has 2 aliphatic carbocycles. The molecule has 0 atom stereocenters. The zero-order valence-corrected chi connectivity index (χ0v) is 43.8. The molecule has 0 radical (unpaired) electrons. The number of hydrogen-bond donors (Lipinski definition) is 0. The molecule has 3 heterocycles. The van der Waals surface area contributed by atoms with Crippen LogP contribution in [0.4, 0.5) is 22.7 Å². The van der Waals surface area contributed by atoms with Gasteiger partial charge in [-0.05, 0) is 124 Å². The third-order valence-corrected chi connectivity index (χ3v) is 16.9. The van der Waals surface area contributed by atoms with Gasteiger partial charge in [0.25, 0.3) is 0 Å². The van der Waals surface area contributed by atoms with Gasteiger partial charge in [-0.1, -0.05) is 189 Å². The summed E-state index contributed by atoms with van der Waals surface area (Å²) < 4.78 is 9.44. The van der Waals surface area contributed by atoms with Gasteiger partial charge in [0.2, 0.25) is 0 Å². The van der Waals surface area contributed by atoms with Crippen molar-refractivity contribution in [2.24, 2.45) is 0 Å². The number of rotatable bonds is 9. The lowest BCUT2D eigenvalue weighted by atomic mass is 9.61. The molecule has 1 aliphatic heterocycles. The predicted molar refractivity (Wildman–Crippen MR) is 305 cm³/mol. The number of aromatic nitrogens is 2. The van der Waals surface area contributed by atoms with Gasteiger partial charge < -0.3 is 14.5 Å². The van der Waals surface area contributed by atoms with E-state index in [1.807, 2.05) is 6.20 Å². The Morgan fingerprint density at radius 2 is 1.01 bits per heavy atom. The summed E-state index contributed by atoms with van der Waals surface area (Å²) in [7, 11) is 0. The summed E-state index contributed by atoms with van der Waals surface area (Å²) in [5.41, 5.74) is 15.2. The normalized spacial score (nSPS) is 16.7. The van der Waals surface area contributed by atoms with Gasteiger partial charge in [-0.3, -0.25) is 4.57 Å². The number of anilines is 4. The quantitative estimate of drug-likeness (QED) is 0.144. The number of fused-ring (bicyclic) bond motifs is 4. The van der Waals surface area contributed by atoms with E-state index in [0.717, 1.165) is 59.7 Å². The zero-order valence-electron chi connectivity index (χ0n) is 43.8. The SMILES string of the molecule is CC(C)(C)c1cc(Oc2ccc3c4ccccc4n(-c4cc(C(C)(C)C)ccn4)c3c2)cc(N2CN(c3c(C4(c5ccccc5)CCCCC4)cccc3C3(c4ccccc4)CCCCC3)c3ccccc32)c1. The minimum atomic E-state index is -0.140. The van der Waals surface area contributed by atoms with Crippen molar-refractivity contribution in [1.29, 1.82) is 0 Å². The Labute approximate surface area is 433 Å². The van der Waals surface area contributed by atoms with Crippen LogP contribution in [-0.4, -0.2) is 16.2 Å². The third-order valence-electron chi connectivity index (χ3n) is 16.9. The molecule has 0 bridgehead atoms. The highest BCUT2D eigenvalue weighted by Gasteiger charge is 2.45. The highest BCUT2D eigenvalue weighted by molar-refractivity contribution is 6.09. The zero-order chi connectivity index (χ0) is 50.0. The van der Waals surface area contributed by atoms with Crippen molar-refractivity contribution in [2.45, 2.75) is 127 Å². The van der Waals surface area contributed by atoms with Crippen LogP contribution in [0.5, 0.6) is 11.5 Å². The molecule has 3 aliphatic rings. The van der Waals surface area contributed by atoms with E-state index in [2.05, 4.69) is 232 Å². The number of nitrogens with zero attached hydrogens (tertiary/aromatic N) is 4. The second kappa shape index (κ2) is 18.4. The lowest BCUT2D eigenvalue weighted by molar-refractivity contribution is 0.337. The van der Waals surface area contributed by atoms with Crippen LogP contribution in [0.3, 0.4) is 0 Å². The molecule has 7 aromatic carbocycles. The second-order valence-corrected chi connectivity index (χ2v) is 23.5. The maximum atomic E-state index is 7.13.